The summed E-state index contributed by atoms with van der Waals surface area (Å²) in [4.78, 5) is 0. The smallest absolute Gasteiger partial charge is 0.260 e. The van der Waals surface area contributed by atoms with Crippen LogP contribution in [-0.4, -0.2) is 43.5 Å². The first-order valence-corrected chi connectivity index (χ1v) is 8.08. The van der Waals surface area contributed by atoms with E-state index in [1.54, 1.807) is 6.92 Å². The van der Waals surface area contributed by atoms with Gasteiger partial charge < -0.3 is 9.84 Å². The first-order valence-electron chi connectivity index (χ1n) is 6.60. The molecular weight excluding hydrogens is 282 g/mol. The van der Waals surface area contributed by atoms with Crippen molar-refractivity contribution in [1.29, 1.82) is 0 Å². The summed E-state index contributed by atoms with van der Waals surface area (Å²) in [6.45, 7) is 5.01. The molecule has 1 aliphatic heterocycles. The third kappa shape index (κ3) is 3.20. The van der Waals surface area contributed by atoms with Gasteiger partial charge in [0.15, 0.2) is 5.03 Å². The Hall–Kier alpha value is -0.960. The Labute approximate surface area is 118 Å². The van der Waals surface area contributed by atoms with E-state index in [0.717, 1.165) is 12.8 Å². The largest absolute Gasteiger partial charge is 0.392 e. The quantitative estimate of drug-likeness (QED) is 0.726. The van der Waals surface area contributed by atoms with E-state index in [9.17, 15) is 13.5 Å². The second-order valence-corrected chi connectivity index (χ2v) is 7.22. The number of aromatic amines is 1. The molecule has 0 spiro atoms. The molecule has 3 N–H and O–H groups in total. The van der Waals surface area contributed by atoms with Gasteiger partial charge in [-0.3, -0.25) is 5.10 Å². The molecule has 20 heavy (non-hydrogen) atoms. The van der Waals surface area contributed by atoms with Crippen LogP contribution in [0, 0.1) is 12.3 Å². The molecule has 0 atom stereocenters. The molecule has 1 saturated heterocycles. The number of aliphatic hydroxyl groups is 1. The van der Waals surface area contributed by atoms with Crippen molar-refractivity contribution >= 4 is 10.0 Å². The Morgan fingerprint density at radius 1 is 1.45 bits per heavy atom. The molecule has 114 valence electrons. The van der Waals surface area contributed by atoms with E-state index in [0.29, 0.717) is 31.0 Å². The first kappa shape index (κ1) is 15.4. The summed E-state index contributed by atoms with van der Waals surface area (Å²) in [5, 5.41) is 15.5. The van der Waals surface area contributed by atoms with Crippen LogP contribution in [-0.2, 0) is 21.4 Å². The first-order chi connectivity index (χ1) is 9.38. The van der Waals surface area contributed by atoms with Gasteiger partial charge in [-0.15, -0.1) is 0 Å². The van der Waals surface area contributed by atoms with Gasteiger partial charge in [-0.2, -0.15) is 5.10 Å². The number of nitrogens with one attached hydrogen (secondary N) is 2. The SMILES string of the molecule is Cc1[nH]nc(S(=O)(=O)NCC2(C)CCOCC2)c1CO. The predicted molar refractivity (Wildman–Crippen MR) is 72.6 cm³/mol. The van der Waals surface area contributed by atoms with E-state index < -0.39 is 10.0 Å². The standard InChI is InChI=1S/C12H21N3O4S/c1-9-10(7-16)11(15-14-9)20(17,18)13-8-12(2)3-5-19-6-4-12/h13,16H,3-8H2,1-2H3,(H,14,15). The Morgan fingerprint density at radius 2 is 2.10 bits per heavy atom. The van der Waals surface area contributed by atoms with Crippen molar-refractivity contribution in [2.45, 2.75) is 38.3 Å². The molecule has 0 radical (unpaired) electrons. The average Bonchev–Trinajstić information content (AvgIpc) is 2.79. The number of sulfonamides is 1. The molecule has 0 amide bonds. The maximum absolute atomic E-state index is 12.3. The number of rotatable bonds is 5. The van der Waals surface area contributed by atoms with Crippen LogP contribution in [0.1, 0.15) is 31.0 Å². The van der Waals surface area contributed by atoms with Crippen LogP contribution >= 0.6 is 0 Å². The summed E-state index contributed by atoms with van der Waals surface area (Å²) < 4.78 is 32.4. The van der Waals surface area contributed by atoms with Crippen molar-refractivity contribution in [3.8, 4) is 0 Å². The average molecular weight is 303 g/mol. The Morgan fingerprint density at radius 3 is 2.70 bits per heavy atom. The Balaban J connectivity index is 2.11. The van der Waals surface area contributed by atoms with E-state index in [1.165, 1.54) is 0 Å². The number of aryl methyl sites for hydroxylation is 1. The number of nitrogens with zero attached hydrogens (tertiary/aromatic N) is 1. The second-order valence-electron chi connectivity index (χ2n) is 5.54. The van der Waals surface area contributed by atoms with Gasteiger partial charge in [-0.05, 0) is 25.2 Å². The molecule has 0 bridgehead atoms. The third-order valence-electron chi connectivity index (χ3n) is 3.84. The highest BCUT2D eigenvalue weighted by Crippen LogP contribution is 2.29. The van der Waals surface area contributed by atoms with Gasteiger partial charge >= 0.3 is 0 Å². The summed E-state index contributed by atoms with van der Waals surface area (Å²) in [5.74, 6) is 0. The molecule has 2 rings (SSSR count). The lowest BCUT2D eigenvalue weighted by molar-refractivity contribution is 0.0264. The monoisotopic (exact) mass is 303 g/mol. The number of ether oxygens (including phenoxy) is 1. The zero-order valence-electron chi connectivity index (χ0n) is 11.8. The molecule has 0 unspecified atom stereocenters. The molecule has 1 aromatic rings. The van der Waals surface area contributed by atoms with Crippen LogP contribution in [0.4, 0.5) is 0 Å². The molecular formula is C12H21N3O4S. The molecule has 0 aromatic carbocycles. The van der Waals surface area contributed by atoms with Crippen LogP contribution in [0.2, 0.25) is 0 Å². The molecule has 1 aliphatic rings. The summed E-state index contributed by atoms with van der Waals surface area (Å²) in [6, 6.07) is 0. The molecule has 0 aliphatic carbocycles. The molecule has 1 fully saturated rings. The van der Waals surface area contributed by atoms with Crippen molar-refractivity contribution in [2.75, 3.05) is 19.8 Å². The van der Waals surface area contributed by atoms with Crippen molar-refractivity contribution in [3.63, 3.8) is 0 Å². The topological polar surface area (TPSA) is 104 Å². The fourth-order valence-electron chi connectivity index (χ4n) is 2.22. The van der Waals surface area contributed by atoms with Crippen molar-refractivity contribution in [3.05, 3.63) is 11.3 Å². The Bertz CT molecular complexity index is 561. The lowest BCUT2D eigenvalue weighted by atomic mass is 9.83. The lowest BCUT2D eigenvalue weighted by Gasteiger charge is -2.33. The fraction of sp³-hybridized carbons (Fsp3) is 0.750. The summed E-state index contributed by atoms with van der Waals surface area (Å²) in [7, 11) is -3.71. The normalized spacial score (nSPS) is 19.1. The van der Waals surface area contributed by atoms with Crippen LogP contribution in [0.5, 0.6) is 0 Å². The maximum Gasteiger partial charge on any atom is 0.260 e. The fourth-order valence-corrected chi connectivity index (χ4v) is 3.60. The summed E-state index contributed by atoms with van der Waals surface area (Å²) in [6.07, 6.45) is 1.64. The van der Waals surface area contributed by atoms with Crippen LogP contribution in [0.15, 0.2) is 5.03 Å². The summed E-state index contributed by atoms with van der Waals surface area (Å²) in [5.41, 5.74) is 0.774. The van der Waals surface area contributed by atoms with Gasteiger partial charge in [0.25, 0.3) is 10.0 Å². The third-order valence-corrected chi connectivity index (χ3v) is 5.21. The van der Waals surface area contributed by atoms with Crippen molar-refractivity contribution in [1.82, 2.24) is 14.9 Å². The van der Waals surface area contributed by atoms with Gasteiger partial charge in [0.2, 0.25) is 0 Å². The molecule has 1 aromatic heterocycles. The van der Waals surface area contributed by atoms with Gasteiger partial charge in [0.1, 0.15) is 0 Å². The molecule has 2 heterocycles. The number of hydrogen-bond donors (Lipinski definition) is 3. The second kappa shape index (κ2) is 5.80. The van der Waals surface area contributed by atoms with Crippen LogP contribution < -0.4 is 4.72 Å². The number of aromatic nitrogens is 2. The minimum Gasteiger partial charge on any atom is -0.392 e. The molecule has 7 nitrogen and oxygen atoms in total. The van der Waals surface area contributed by atoms with E-state index in [-0.39, 0.29) is 17.0 Å². The van der Waals surface area contributed by atoms with E-state index in [1.807, 2.05) is 6.92 Å². The van der Waals surface area contributed by atoms with Crippen molar-refractivity contribution < 1.29 is 18.3 Å². The minimum atomic E-state index is -3.71. The van der Waals surface area contributed by atoms with Crippen LogP contribution in [0.3, 0.4) is 0 Å². The maximum atomic E-state index is 12.3. The molecule has 8 heteroatoms. The molecule has 0 saturated carbocycles. The van der Waals surface area contributed by atoms with Gasteiger partial charge in [0, 0.05) is 31.0 Å². The van der Waals surface area contributed by atoms with Crippen LogP contribution in [0.25, 0.3) is 0 Å². The number of H-pyrrole nitrogens is 1. The van der Waals surface area contributed by atoms with E-state index in [2.05, 4.69) is 14.9 Å². The lowest BCUT2D eigenvalue weighted by Crippen LogP contribution is -2.39. The number of hydrogen-bond acceptors (Lipinski definition) is 5. The minimum absolute atomic E-state index is 0.101. The van der Waals surface area contributed by atoms with Gasteiger partial charge in [-0.25, -0.2) is 13.1 Å². The summed E-state index contributed by atoms with van der Waals surface area (Å²) >= 11 is 0. The van der Waals surface area contributed by atoms with Gasteiger partial charge in [0.05, 0.1) is 6.61 Å². The Kier molecular flexibility index (Phi) is 4.48. The predicted octanol–water partition coefficient (Wildman–Crippen LogP) is 0.305. The van der Waals surface area contributed by atoms with Crippen molar-refractivity contribution in [2.24, 2.45) is 5.41 Å². The zero-order chi connectivity index (χ0) is 14.8. The highest BCUT2D eigenvalue weighted by Gasteiger charge is 2.31. The van der Waals surface area contributed by atoms with Gasteiger partial charge in [-0.1, -0.05) is 6.92 Å². The van der Waals surface area contributed by atoms with E-state index >= 15 is 0 Å². The zero-order valence-corrected chi connectivity index (χ0v) is 12.6. The highest BCUT2D eigenvalue weighted by atomic mass is 32.2. The number of aliphatic hydroxyl groups excluding tert-OH is 1. The van der Waals surface area contributed by atoms with E-state index in [4.69, 9.17) is 4.74 Å². The highest BCUT2D eigenvalue weighted by molar-refractivity contribution is 7.89.